The Morgan fingerprint density at radius 3 is 2.38 bits per heavy atom. The normalized spacial score (nSPS) is 12.3. The SMILES string of the molecule is C#CC[C@H](NC(=O)[C@H](CO)NC(=O)OCc1ccccc1)C(=O)O. The van der Waals surface area contributed by atoms with Gasteiger partial charge in [-0.2, -0.15) is 0 Å². The van der Waals surface area contributed by atoms with E-state index in [0.29, 0.717) is 0 Å². The van der Waals surface area contributed by atoms with Gasteiger partial charge in [-0.3, -0.25) is 4.79 Å². The van der Waals surface area contributed by atoms with Crippen LogP contribution < -0.4 is 10.6 Å². The molecule has 2 atom stereocenters. The molecular weight excluding hydrogens is 316 g/mol. The Bertz CT molecular complexity index is 611. The van der Waals surface area contributed by atoms with Crippen molar-refractivity contribution in [3.63, 3.8) is 0 Å². The summed E-state index contributed by atoms with van der Waals surface area (Å²) in [6.45, 7) is -0.740. The number of aliphatic hydroxyl groups excluding tert-OH is 1. The quantitative estimate of drug-likeness (QED) is 0.491. The monoisotopic (exact) mass is 334 g/mol. The zero-order chi connectivity index (χ0) is 17.9. The standard InChI is InChI=1S/C16H18N2O6/c1-2-6-12(15(21)22)17-14(20)13(9-19)18-16(23)24-10-11-7-4-3-5-8-11/h1,3-5,7-8,12-13,19H,6,9-10H2,(H,17,20)(H,18,23)(H,21,22)/t12-,13-/m0/s1. The van der Waals surface area contributed by atoms with Crippen LogP contribution in [0.3, 0.4) is 0 Å². The molecule has 0 radical (unpaired) electrons. The molecule has 1 aromatic rings. The largest absolute Gasteiger partial charge is 0.480 e. The van der Waals surface area contributed by atoms with Gasteiger partial charge < -0.3 is 25.6 Å². The fourth-order valence-corrected chi connectivity index (χ4v) is 1.69. The molecule has 4 N–H and O–H groups in total. The number of ether oxygens (including phenoxy) is 1. The molecule has 0 aliphatic rings. The third-order valence-corrected chi connectivity index (χ3v) is 2.94. The van der Waals surface area contributed by atoms with E-state index in [4.69, 9.17) is 16.3 Å². The number of carboxylic acid groups (broad SMARTS) is 1. The van der Waals surface area contributed by atoms with Crippen molar-refractivity contribution in [2.75, 3.05) is 6.61 Å². The molecule has 2 amide bonds. The molecule has 0 aliphatic carbocycles. The number of amides is 2. The van der Waals surface area contributed by atoms with Gasteiger partial charge in [-0.25, -0.2) is 9.59 Å². The van der Waals surface area contributed by atoms with E-state index in [1.165, 1.54) is 0 Å². The Morgan fingerprint density at radius 1 is 1.17 bits per heavy atom. The summed E-state index contributed by atoms with van der Waals surface area (Å²) in [5.41, 5.74) is 0.748. The number of carboxylic acids is 1. The predicted octanol–water partition coefficient (Wildman–Crippen LogP) is -0.134. The molecule has 0 unspecified atom stereocenters. The summed E-state index contributed by atoms with van der Waals surface area (Å²) in [6, 6.07) is 6.20. The van der Waals surface area contributed by atoms with Gasteiger partial charge in [-0.15, -0.1) is 12.3 Å². The highest BCUT2D eigenvalue weighted by molar-refractivity contribution is 5.89. The van der Waals surface area contributed by atoms with Crippen molar-refractivity contribution in [3.05, 3.63) is 35.9 Å². The van der Waals surface area contributed by atoms with Gasteiger partial charge >= 0.3 is 12.1 Å². The van der Waals surface area contributed by atoms with Crippen LogP contribution in [0.2, 0.25) is 0 Å². The van der Waals surface area contributed by atoms with Gasteiger partial charge in [-0.1, -0.05) is 30.3 Å². The van der Waals surface area contributed by atoms with Crippen LogP contribution in [0.5, 0.6) is 0 Å². The second-order valence-electron chi connectivity index (χ2n) is 4.75. The van der Waals surface area contributed by atoms with Gasteiger partial charge in [0.1, 0.15) is 18.7 Å². The molecule has 8 nitrogen and oxygen atoms in total. The molecule has 1 aromatic carbocycles. The number of benzene rings is 1. The van der Waals surface area contributed by atoms with E-state index in [2.05, 4.69) is 16.6 Å². The van der Waals surface area contributed by atoms with Crippen molar-refractivity contribution < 1.29 is 29.3 Å². The van der Waals surface area contributed by atoms with Crippen LogP contribution in [-0.4, -0.2) is 46.9 Å². The molecule has 0 fully saturated rings. The number of carbonyl (C=O) groups excluding carboxylic acids is 2. The minimum absolute atomic E-state index is 0.0126. The first kappa shape index (κ1) is 19.0. The molecule has 0 saturated carbocycles. The smallest absolute Gasteiger partial charge is 0.408 e. The summed E-state index contributed by atoms with van der Waals surface area (Å²) < 4.78 is 4.92. The average molecular weight is 334 g/mol. The fraction of sp³-hybridized carbons (Fsp3) is 0.312. The van der Waals surface area contributed by atoms with Crippen LogP contribution >= 0.6 is 0 Å². The summed E-state index contributed by atoms with van der Waals surface area (Å²) in [7, 11) is 0. The van der Waals surface area contributed by atoms with Gasteiger partial charge in [0.15, 0.2) is 0 Å². The number of alkyl carbamates (subject to hydrolysis) is 1. The zero-order valence-electron chi connectivity index (χ0n) is 12.8. The van der Waals surface area contributed by atoms with E-state index in [0.717, 1.165) is 5.56 Å². The second kappa shape index (κ2) is 9.86. The Morgan fingerprint density at radius 2 is 1.83 bits per heavy atom. The van der Waals surface area contributed by atoms with Crippen molar-refractivity contribution >= 4 is 18.0 Å². The molecule has 0 spiro atoms. The molecule has 0 bridgehead atoms. The molecule has 0 aromatic heterocycles. The van der Waals surface area contributed by atoms with E-state index >= 15 is 0 Å². The molecule has 0 aliphatic heterocycles. The summed E-state index contributed by atoms with van der Waals surface area (Å²) in [5, 5.41) is 22.4. The topological polar surface area (TPSA) is 125 Å². The Hall–Kier alpha value is -3.05. The molecule has 0 heterocycles. The van der Waals surface area contributed by atoms with Gasteiger partial charge in [0.05, 0.1) is 6.61 Å². The van der Waals surface area contributed by atoms with Crippen LogP contribution in [0, 0.1) is 12.3 Å². The number of hydrogen-bond acceptors (Lipinski definition) is 5. The molecule has 0 saturated heterocycles. The van der Waals surface area contributed by atoms with Crippen molar-refractivity contribution in [2.24, 2.45) is 0 Å². The first-order valence-electron chi connectivity index (χ1n) is 7.02. The highest BCUT2D eigenvalue weighted by Gasteiger charge is 2.26. The molecule has 1 rings (SSSR count). The molecular formula is C16H18N2O6. The minimum atomic E-state index is -1.35. The first-order chi connectivity index (χ1) is 11.5. The van der Waals surface area contributed by atoms with E-state index in [1.807, 2.05) is 6.07 Å². The highest BCUT2D eigenvalue weighted by Crippen LogP contribution is 2.01. The molecule has 8 heteroatoms. The summed E-state index contributed by atoms with van der Waals surface area (Å²) in [6.07, 6.45) is 3.88. The first-order valence-corrected chi connectivity index (χ1v) is 7.02. The van der Waals surface area contributed by atoms with Gasteiger partial charge in [0.25, 0.3) is 0 Å². The maximum absolute atomic E-state index is 11.9. The minimum Gasteiger partial charge on any atom is -0.480 e. The summed E-state index contributed by atoms with van der Waals surface area (Å²) in [4.78, 5) is 34.5. The maximum atomic E-state index is 11.9. The maximum Gasteiger partial charge on any atom is 0.408 e. The van der Waals surface area contributed by atoms with Crippen LogP contribution in [-0.2, 0) is 20.9 Å². The number of hydrogen-bond donors (Lipinski definition) is 4. The lowest BCUT2D eigenvalue weighted by atomic mass is 10.2. The van der Waals surface area contributed by atoms with E-state index in [-0.39, 0.29) is 13.0 Å². The van der Waals surface area contributed by atoms with Crippen LogP contribution in [0.4, 0.5) is 4.79 Å². The van der Waals surface area contributed by atoms with E-state index < -0.39 is 36.7 Å². The Kier molecular flexibility index (Phi) is 7.81. The van der Waals surface area contributed by atoms with Crippen LogP contribution in [0.1, 0.15) is 12.0 Å². The number of nitrogens with one attached hydrogen (secondary N) is 2. The van der Waals surface area contributed by atoms with Gasteiger partial charge in [0.2, 0.25) is 5.91 Å². The zero-order valence-corrected chi connectivity index (χ0v) is 12.8. The molecule has 24 heavy (non-hydrogen) atoms. The van der Waals surface area contributed by atoms with Gasteiger partial charge in [-0.05, 0) is 5.56 Å². The number of terminal acetylenes is 1. The highest BCUT2D eigenvalue weighted by atomic mass is 16.5. The lowest BCUT2D eigenvalue weighted by molar-refractivity contribution is -0.142. The predicted molar refractivity (Wildman–Crippen MR) is 83.7 cm³/mol. The lowest BCUT2D eigenvalue weighted by Gasteiger charge is -2.18. The van der Waals surface area contributed by atoms with Crippen LogP contribution in [0.15, 0.2) is 30.3 Å². The van der Waals surface area contributed by atoms with E-state index in [9.17, 15) is 19.5 Å². The molecule has 128 valence electrons. The average Bonchev–Trinajstić information content (AvgIpc) is 2.58. The summed E-state index contributed by atoms with van der Waals surface area (Å²) in [5.74, 6) is -0.0725. The van der Waals surface area contributed by atoms with Crippen LogP contribution in [0.25, 0.3) is 0 Å². The lowest BCUT2D eigenvalue weighted by Crippen LogP contribution is -2.53. The Balaban J connectivity index is 2.52. The number of carbonyl (C=O) groups is 3. The number of aliphatic hydroxyl groups is 1. The third-order valence-electron chi connectivity index (χ3n) is 2.94. The third kappa shape index (κ3) is 6.37. The second-order valence-corrected chi connectivity index (χ2v) is 4.75. The van der Waals surface area contributed by atoms with Gasteiger partial charge in [0, 0.05) is 6.42 Å². The van der Waals surface area contributed by atoms with Crippen molar-refractivity contribution in [1.82, 2.24) is 10.6 Å². The number of rotatable bonds is 8. The van der Waals surface area contributed by atoms with E-state index in [1.54, 1.807) is 24.3 Å². The van der Waals surface area contributed by atoms with Crippen molar-refractivity contribution in [3.8, 4) is 12.3 Å². The van der Waals surface area contributed by atoms with Crippen molar-refractivity contribution in [2.45, 2.75) is 25.1 Å². The summed E-state index contributed by atoms with van der Waals surface area (Å²) >= 11 is 0. The Labute approximate surface area is 138 Å². The fourth-order valence-electron chi connectivity index (χ4n) is 1.69. The van der Waals surface area contributed by atoms with Crippen molar-refractivity contribution in [1.29, 1.82) is 0 Å². The number of aliphatic carboxylic acids is 1.